The number of piperidine rings is 1. The second-order valence-corrected chi connectivity index (χ2v) is 8.66. The van der Waals surface area contributed by atoms with Gasteiger partial charge >= 0.3 is 0 Å². The summed E-state index contributed by atoms with van der Waals surface area (Å²) in [5.74, 6) is -0.485. The lowest BCUT2D eigenvalue weighted by atomic mass is 9.66. The number of hydrogen-bond donors (Lipinski definition) is 2. The first kappa shape index (κ1) is 16.7. The van der Waals surface area contributed by atoms with Crippen LogP contribution < -0.4 is 5.48 Å². The average molecular weight is 356 g/mol. The molecule has 6 heteroatoms. The Hall–Kier alpha value is -1.50. The smallest absolute Gasteiger partial charge is 0.276 e. The molecule has 140 valence electrons. The van der Waals surface area contributed by atoms with Gasteiger partial charge in [0.1, 0.15) is 0 Å². The lowest BCUT2D eigenvalue weighted by Gasteiger charge is -2.60. The van der Waals surface area contributed by atoms with Gasteiger partial charge in [0.25, 0.3) is 5.91 Å². The maximum atomic E-state index is 11.6. The summed E-state index contributed by atoms with van der Waals surface area (Å²) in [5.41, 5.74) is 4.87. The summed E-state index contributed by atoms with van der Waals surface area (Å²) < 4.78 is 0. The van der Waals surface area contributed by atoms with E-state index in [4.69, 9.17) is 5.21 Å². The van der Waals surface area contributed by atoms with Crippen molar-refractivity contribution in [2.45, 2.75) is 75.5 Å². The topological polar surface area (TPSA) is 68.7 Å². The SMILES string of the molecule is O=C(NO)c1cnc2c(c1)CCN(C1CC3(CCCCN3C3CC3)C1)C2. The van der Waals surface area contributed by atoms with E-state index in [1.54, 1.807) is 11.7 Å². The van der Waals surface area contributed by atoms with Crippen LogP contribution >= 0.6 is 0 Å². The summed E-state index contributed by atoms with van der Waals surface area (Å²) >= 11 is 0. The predicted octanol–water partition coefficient (Wildman–Crippen LogP) is 2.11. The van der Waals surface area contributed by atoms with Crippen molar-refractivity contribution < 1.29 is 10.0 Å². The number of carbonyl (C=O) groups excluding carboxylic acids is 1. The fourth-order valence-corrected chi connectivity index (χ4v) is 5.52. The molecule has 3 heterocycles. The van der Waals surface area contributed by atoms with Gasteiger partial charge in [-0.15, -0.1) is 0 Å². The summed E-state index contributed by atoms with van der Waals surface area (Å²) in [6.45, 7) is 3.25. The molecular weight excluding hydrogens is 328 g/mol. The van der Waals surface area contributed by atoms with Crippen molar-refractivity contribution in [2.75, 3.05) is 13.1 Å². The lowest BCUT2D eigenvalue weighted by molar-refractivity contribution is -0.0809. The van der Waals surface area contributed by atoms with E-state index in [1.165, 1.54) is 51.5 Å². The van der Waals surface area contributed by atoms with Gasteiger partial charge in [0.05, 0.1) is 11.3 Å². The second-order valence-electron chi connectivity index (χ2n) is 8.66. The van der Waals surface area contributed by atoms with Gasteiger partial charge in [-0.05, 0) is 63.1 Å². The molecule has 1 spiro atoms. The number of nitrogens with one attached hydrogen (secondary N) is 1. The summed E-state index contributed by atoms with van der Waals surface area (Å²) in [7, 11) is 0. The van der Waals surface area contributed by atoms with Gasteiger partial charge in [0.2, 0.25) is 0 Å². The predicted molar refractivity (Wildman–Crippen MR) is 96.9 cm³/mol. The van der Waals surface area contributed by atoms with Crippen LogP contribution in [0.15, 0.2) is 12.3 Å². The third-order valence-corrected chi connectivity index (χ3v) is 7.08. The molecule has 1 saturated heterocycles. The minimum absolute atomic E-state index is 0.435. The summed E-state index contributed by atoms with van der Waals surface area (Å²) in [4.78, 5) is 21.6. The Kier molecular flexibility index (Phi) is 4.03. The van der Waals surface area contributed by atoms with Crippen LogP contribution in [0.1, 0.15) is 66.6 Å². The van der Waals surface area contributed by atoms with Crippen LogP contribution in [0.5, 0.6) is 0 Å². The van der Waals surface area contributed by atoms with Crippen LogP contribution in [0.2, 0.25) is 0 Å². The van der Waals surface area contributed by atoms with E-state index < -0.39 is 5.91 Å². The number of nitrogens with zero attached hydrogens (tertiary/aromatic N) is 3. The maximum absolute atomic E-state index is 11.6. The molecule has 5 rings (SSSR count). The monoisotopic (exact) mass is 356 g/mol. The third-order valence-electron chi connectivity index (χ3n) is 7.08. The number of aromatic nitrogens is 1. The van der Waals surface area contributed by atoms with Crippen molar-refractivity contribution >= 4 is 5.91 Å². The highest BCUT2D eigenvalue weighted by molar-refractivity contribution is 5.93. The van der Waals surface area contributed by atoms with E-state index in [0.29, 0.717) is 17.1 Å². The molecule has 0 radical (unpaired) electrons. The van der Waals surface area contributed by atoms with Gasteiger partial charge in [-0.3, -0.25) is 24.8 Å². The number of rotatable bonds is 3. The number of amides is 1. The Labute approximate surface area is 154 Å². The highest BCUT2D eigenvalue weighted by Crippen LogP contribution is 2.51. The van der Waals surface area contributed by atoms with E-state index in [0.717, 1.165) is 36.8 Å². The number of likely N-dealkylation sites (tertiary alicyclic amines) is 1. The second kappa shape index (κ2) is 6.29. The van der Waals surface area contributed by atoms with E-state index in [1.807, 2.05) is 6.07 Å². The Morgan fingerprint density at radius 2 is 2.08 bits per heavy atom. The van der Waals surface area contributed by atoms with E-state index in [9.17, 15) is 4.79 Å². The first-order valence-corrected chi connectivity index (χ1v) is 10.1. The molecule has 3 fully saturated rings. The first-order chi connectivity index (χ1) is 12.7. The Morgan fingerprint density at radius 3 is 2.85 bits per heavy atom. The highest BCUT2D eigenvalue weighted by atomic mass is 16.5. The Balaban J connectivity index is 1.25. The van der Waals surface area contributed by atoms with Crippen LogP contribution in [-0.4, -0.2) is 56.6 Å². The fraction of sp³-hybridized carbons (Fsp3) is 0.700. The number of hydroxylamine groups is 1. The first-order valence-electron chi connectivity index (χ1n) is 10.1. The molecule has 2 saturated carbocycles. The third kappa shape index (κ3) is 2.75. The van der Waals surface area contributed by atoms with Gasteiger partial charge in [-0.1, -0.05) is 6.42 Å². The minimum Gasteiger partial charge on any atom is -0.295 e. The quantitative estimate of drug-likeness (QED) is 0.641. The van der Waals surface area contributed by atoms with Crippen LogP contribution in [-0.2, 0) is 13.0 Å². The zero-order valence-electron chi connectivity index (χ0n) is 15.3. The Bertz CT molecular complexity index is 712. The fourth-order valence-electron chi connectivity index (χ4n) is 5.52. The number of carbonyl (C=O) groups is 1. The average Bonchev–Trinajstić information content (AvgIpc) is 3.49. The van der Waals surface area contributed by atoms with Crippen molar-refractivity contribution in [2.24, 2.45) is 0 Å². The molecule has 2 aliphatic heterocycles. The normalized spacial score (nSPS) is 32.1. The van der Waals surface area contributed by atoms with Crippen LogP contribution in [0.4, 0.5) is 0 Å². The molecule has 2 aliphatic carbocycles. The van der Waals surface area contributed by atoms with Crippen LogP contribution in [0, 0.1) is 0 Å². The van der Waals surface area contributed by atoms with Gasteiger partial charge in [0.15, 0.2) is 0 Å². The molecule has 0 aromatic carbocycles. The summed E-state index contributed by atoms with van der Waals surface area (Å²) in [6.07, 6.45) is 12.2. The minimum atomic E-state index is -0.485. The van der Waals surface area contributed by atoms with Gasteiger partial charge in [-0.2, -0.15) is 0 Å². The number of hydrogen-bond acceptors (Lipinski definition) is 5. The van der Waals surface area contributed by atoms with E-state index in [2.05, 4.69) is 14.8 Å². The summed E-state index contributed by atoms with van der Waals surface area (Å²) in [5, 5.41) is 8.79. The molecule has 1 aromatic rings. The van der Waals surface area contributed by atoms with Gasteiger partial charge in [-0.25, -0.2) is 5.48 Å². The van der Waals surface area contributed by atoms with Crippen molar-refractivity contribution in [3.05, 3.63) is 29.1 Å². The van der Waals surface area contributed by atoms with Gasteiger partial charge in [0, 0.05) is 36.9 Å². The molecule has 1 amide bonds. The molecule has 0 atom stereocenters. The summed E-state index contributed by atoms with van der Waals surface area (Å²) in [6, 6.07) is 3.45. The highest BCUT2D eigenvalue weighted by Gasteiger charge is 2.54. The van der Waals surface area contributed by atoms with Crippen LogP contribution in [0.25, 0.3) is 0 Å². The molecule has 1 aromatic heterocycles. The zero-order chi connectivity index (χ0) is 17.7. The molecule has 2 N–H and O–H groups in total. The van der Waals surface area contributed by atoms with Gasteiger partial charge < -0.3 is 0 Å². The van der Waals surface area contributed by atoms with Crippen molar-refractivity contribution in [1.29, 1.82) is 0 Å². The van der Waals surface area contributed by atoms with Crippen molar-refractivity contribution in [3.8, 4) is 0 Å². The lowest BCUT2D eigenvalue weighted by Crippen LogP contribution is -2.65. The standard InChI is InChI=1S/C20H28N4O2/c25-19(22-26)15-9-14-5-8-23(13-18(14)21-12-15)17-10-20(11-17)6-1-2-7-24(20)16-3-4-16/h9,12,16-17,26H,1-8,10-11,13H2,(H,22,25). The van der Waals surface area contributed by atoms with Crippen molar-refractivity contribution in [1.82, 2.24) is 20.3 Å². The number of fused-ring (bicyclic) bond motifs is 1. The van der Waals surface area contributed by atoms with Crippen molar-refractivity contribution in [3.63, 3.8) is 0 Å². The molecule has 0 unspecified atom stereocenters. The molecule has 0 bridgehead atoms. The molecule has 4 aliphatic rings. The molecule has 26 heavy (non-hydrogen) atoms. The zero-order valence-corrected chi connectivity index (χ0v) is 15.3. The van der Waals surface area contributed by atoms with Crippen LogP contribution in [0.3, 0.4) is 0 Å². The van der Waals surface area contributed by atoms with E-state index >= 15 is 0 Å². The Morgan fingerprint density at radius 1 is 1.23 bits per heavy atom. The maximum Gasteiger partial charge on any atom is 0.276 e. The number of pyridine rings is 1. The largest absolute Gasteiger partial charge is 0.295 e. The molecular formula is C20H28N4O2. The molecule has 6 nitrogen and oxygen atoms in total. The van der Waals surface area contributed by atoms with E-state index in [-0.39, 0.29) is 0 Å².